The molecule has 0 amide bonds. The van der Waals surface area contributed by atoms with Crippen molar-refractivity contribution in [3.05, 3.63) is 57.6 Å². The summed E-state index contributed by atoms with van der Waals surface area (Å²) >= 11 is 12.0. The topological polar surface area (TPSA) is 77.8 Å². The molecular formula is C16H14Cl2N4. The van der Waals surface area contributed by atoms with Crippen LogP contribution in [0.3, 0.4) is 0 Å². The van der Waals surface area contributed by atoms with Crippen LogP contribution in [0.2, 0.25) is 10.0 Å². The highest BCUT2D eigenvalue weighted by molar-refractivity contribution is 6.42. The van der Waals surface area contributed by atoms with Crippen LogP contribution in [0.4, 0.5) is 11.8 Å². The summed E-state index contributed by atoms with van der Waals surface area (Å²) in [5, 5.41) is 1.98. The molecule has 4 nitrogen and oxygen atoms in total. The number of aromatic nitrogens is 2. The number of fused-ring (bicyclic) bond motifs is 1. The van der Waals surface area contributed by atoms with E-state index < -0.39 is 0 Å². The van der Waals surface area contributed by atoms with Crippen LogP contribution in [0, 0.1) is 0 Å². The first-order chi connectivity index (χ1) is 10.5. The molecule has 1 aromatic heterocycles. The van der Waals surface area contributed by atoms with Crippen LogP contribution in [0.1, 0.15) is 11.1 Å². The SMILES string of the molecule is Nc1nc(N)c2c(CCc3ccc(Cl)c(Cl)c3)cccc2n1. The molecule has 0 spiro atoms. The fourth-order valence-electron chi connectivity index (χ4n) is 2.49. The molecular weight excluding hydrogens is 319 g/mol. The number of halogens is 2. The molecule has 3 aromatic rings. The summed E-state index contributed by atoms with van der Waals surface area (Å²) in [6.45, 7) is 0. The van der Waals surface area contributed by atoms with Gasteiger partial charge in [-0.2, -0.15) is 4.98 Å². The van der Waals surface area contributed by atoms with Crippen molar-refractivity contribution in [1.29, 1.82) is 0 Å². The minimum atomic E-state index is 0.187. The van der Waals surface area contributed by atoms with E-state index in [9.17, 15) is 0 Å². The van der Waals surface area contributed by atoms with Crippen LogP contribution in [0.5, 0.6) is 0 Å². The monoisotopic (exact) mass is 332 g/mol. The second-order valence-electron chi connectivity index (χ2n) is 5.03. The Bertz CT molecular complexity index is 849. The van der Waals surface area contributed by atoms with Gasteiger partial charge in [-0.25, -0.2) is 4.98 Å². The summed E-state index contributed by atoms with van der Waals surface area (Å²) in [6, 6.07) is 11.5. The maximum Gasteiger partial charge on any atom is 0.222 e. The number of rotatable bonds is 3. The van der Waals surface area contributed by atoms with E-state index in [1.165, 1.54) is 0 Å². The summed E-state index contributed by atoms with van der Waals surface area (Å²) in [7, 11) is 0. The van der Waals surface area contributed by atoms with E-state index in [1.54, 1.807) is 6.07 Å². The van der Waals surface area contributed by atoms with Crippen LogP contribution in [0.15, 0.2) is 36.4 Å². The average Bonchev–Trinajstić information content (AvgIpc) is 2.48. The van der Waals surface area contributed by atoms with Crippen molar-refractivity contribution in [2.75, 3.05) is 11.5 Å². The Balaban J connectivity index is 1.92. The van der Waals surface area contributed by atoms with Crippen LogP contribution >= 0.6 is 23.2 Å². The number of nitrogens with zero attached hydrogens (tertiary/aromatic N) is 2. The van der Waals surface area contributed by atoms with Gasteiger partial charge < -0.3 is 11.5 Å². The third-order valence-electron chi connectivity index (χ3n) is 3.52. The van der Waals surface area contributed by atoms with Crippen molar-refractivity contribution in [2.24, 2.45) is 0 Å². The van der Waals surface area contributed by atoms with Crippen molar-refractivity contribution in [2.45, 2.75) is 12.8 Å². The normalized spacial score (nSPS) is 11.0. The zero-order valence-corrected chi connectivity index (χ0v) is 13.2. The number of anilines is 2. The van der Waals surface area contributed by atoms with Crippen molar-refractivity contribution in [1.82, 2.24) is 9.97 Å². The smallest absolute Gasteiger partial charge is 0.222 e. The fourth-order valence-corrected chi connectivity index (χ4v) is 2.81. The first-order valence-corrected chi connectivity index (χ1v) is 7.54. The van der Waals surface area contributed by atoms with Crippen LogP contribution in [-0.4, -0.2) is 9.97 Å². The van der Waals surface area contributed by atoms with Crippen LogP contribution in [-0.2, 0) is 12.8 Å². The summed E-state index contributed by atoms with van der Waals surface area (Å²) in [5.74, 6) is 0.596. The van der Waals surface area contributed by atoms with Crippen molar-refractivity contribution >= 4 is 45.9 Å². The average molecular weight is 333 g/mol. The quantitative estimate of drug-likeness (QED) is 0.762. The molecule has 22 heavy (non-hydrogen) atoms. The van der Waals surface area contributed by atoms with Crippen LogP contribution in [0.25, 0.3) is 10.9 Å². The third-order valence-corrected chi connectivity index (χ3v) is 4.26. The van der Waals surface area contributed by atoms with Gasteiger partial charge in [-0.1, -0.05) is 41.4 Å². The van der Waals surface area contributed by atoms with Gasteiger partial charge in [0, 0.05) is 5.39 Å². The summed E-state index contributed by atoms with van der Waals surface area (Å²) < 4.78 is 0. The van der Waals surface area contributed by atoms with Gasteiger partial charge in [0.2, 0.25) is 5.95 Å². The highest BCUT2D eigenvalue weighted by Crippen LogP contribution is 2.26. The van der Waals surface area contributed by atoms with Crippen molar-refractivity contribution in [3.63, 3.8) is 0 Å². The van der Waals surface area contributed by atoms with Gasteiger partial charge in [-0.15, -0.1) is 0 Å². The number of aryl methyl sites for hydroxylation is 2. The Morgan fingerprint density at radius 1 is 0.909 bits per heavy atom. The maximum atomic E-state index is 6.05. The first kappa shape index (κ1) is 14.9. The van der Waals surface area contributed by atoms with Gasteiger partial charge >= 0.3 is 0 Å². The summed E-state index contributed by atoms with van der Waals surface area (Å²) in [6.07, 6.45) is 1.62. The molecule has 2 aromatic carbocycles. The minimum absolute atomic E-state index is 0.187. The van der Waals surface area contributed by atoms with Gasteiger partial charge in [0.25, 0.3) is 0 Å². The molecule has 0 aliphatic rings. The number of hydrogen-bond donors (Lipinski definition) is 2. The molecule has 0 fully saturated rings. The van der Waals surface area contributed by atoms with Gasteiger partial charge in [0.05, 0.1) is 15.6 Å². The minimum Gasteiger partial charge on any atom is -0.383 e. The lowest BCUT2D eigenvalue weighted by atomic mass is 10.0. The van der Waals surface area contributed by atoms with Crippen molar-refractivity contribution in [3.8, 4) is 0 Å². The van der Waals surface area contributed by atoms with E-state index in [-0.39, 0.29) is 5.95 Å². The Morgan fingerprint density at radius 3 is 2.50 bits per heavy atom. The number of nitrogen functional groups attached to an aromatic ring is 2. The fraction of sp³-hybridized carbons (Fsp3) is 0.125. The highest BCUT2D eigenvalue weighted by Gasteiger charge is 2.09. The summed E-state index contributed by atoms with van der Waals surface area (Å²) in [4.78, 5) is 8.27. The predicted octanol–water partition coefficient (Wildman–Crippen LogP) is 3.89. The summed E-state index contributed by atoms with van der Waals surface area (Å²) in [5.41, 5.74) is 14.6. The van der Waals surface area contributed by atoms with Crippen LogP contribution < -0.4 is 11.5 Å². The molecule has 0 atom stereocenters. The van der Waals surface area contributed by atoms with E-state index in [2.05, 4.69) is 9.97 Å². The predicted molar refractivity (Wildman–Crippen MR) is 92.2 cm³/mol. The van der Waals surface area contributed by atoms with E-state index >= 15 is 0 Å². The van der Waals surface area contributed by atoms with Crippen molar-refractivity contribution < 1.29 is 0 Å². The molecule has 112 valence electrons. The molecule has 0 saturated carbocycles. The maximum absolute atomic E-state index is 6.05. The first-order valence-electron chi connectivity index (χ1n) is 6.79. The highest BCUT2D eigenvalue weighted by atomic mass is 35.5. The largest absolute Gasteiger partial charge is 0.383 e. The molecule has 0 bridgehead atoms. The number of benzene rings is 2. The van der Waals surface area contributed by atoms with Gasteiger partial charge in [-0.05, 0) is 42.2 Å². The lowest BCUT2D eigenvalue weighted by molar-refractivity contribution is 0.968. The molecule has 0 saturated heterocycles. The Hall–Kier alpha value is -2.04. The molecule has 4 N–H and O–H groups in total. The molecule has 0 radical (unpaired) electrons. The van der Waals surface area contributed by atoms with Gasteiger partial charge in [0.15, 0.2) is 0 Å². The zero-order valence-electron chi connectivity index (χ0n) is 11.7. The zero-order chi connectivity index (χ0) is 15.7. The van der Waals surface area contributed by atoms with E-state index in [0.717, 1.165) is 34.9 Å². The van der Waals surface area contributed by atoms with Gasteiger partial charge in [-0.3, -0.25) is 0 Å². The molecule has 6 heteroatoms. The molecule has 3 rings (SSSR count). The second-order valence-corrected chi connectivity index (χ2v) is 5.84. The third kappa shape index (κ3) is 2.93. The Labute approximate surface area is 138 Å². The lowest BCUT2D eigenvalue weighted by Crippen LogP contribution is -2.03. The van der Waals surface area contributed by atoms with E-state index in [0.29, 0.717) is 15.9 Å². The molecule has 0 aliphatic carbocycles. The van der Waals surface area contributed by atoms with Gasteiger partial charge in [0.1, 0.15) is 5.82 Å². The molecule has 1 heterocycles. The second kappa shape index (κ2) is 5.99. The number of hydrogen-bond acceptors (Lipinski definition) is 4. The Morgan fingerprint density at radius 2 is 1.73 bits per heavy atom. The standard InChI is InChI=1S/C16H14Cl2N4/c17-11-7-5-9(8-12(11)18)4-6-10-2-1-3-13-14(10)15(19)22-16(20)21-13/h1-3,5,7-8H,4,6H2,(H4,19,20,21,22). The number of nitrogens with two attached hydrogens (primary N) is 2. The lowest BCUT2D eigenvalue weighted by Gasteiger charge is -2.09. The Kier molecular flexibility index (Phi) is 4.05. The van der Waals surface area contributed by atoms with E-state index in [1.807, 2.05) is 30.3 Å². The molecule has 0 unspecified atom stereocenters. The van der Waals surface area contributed by atoms with E-state index in [4.69, 9.17) is 34.7 Å². The molecule has 0 aliphatic heterocycles.